The average Bonchev–Trinajstić information content (AvgIpc) is 2.38. The highest BCUT2D eigenvalue weighted by molar-refractivity contribution is 5.87. The van der Waals surface area contributed by atoms with Crippen molar-refractivity contribution in [3.8, 4) is 0 Å². The van der Waals surface area contributed by atoms with E-state index in [4.69, 9.17) is 10.5 Å². The number of nitrogens with two attached hydrogens (primary N) is 1. The molecule has 0 aromatic carbocycles. The van der Waals surface area contributed by atoms with Crippen LogP contribution in [-0.2, 0) is 14.3 Å². The van der Waals surface area contributed by atoms with Crippen LogP contribution in [0.15, 0.2) is 0 Å². The second-order valence-corrected chi connectivity index (χ2v) is 4.12. The predicted octanol–water partition coefficient (Wildman–Crippen LogP) is -0.911. The van der Waals surface area contributed by atoms with Crippen LogP contribution in [0, 0.1) is 0 Å². The number of likely N-dealkylation sites (tertiary alicyclic amines) is 1. The topological polar surface area (TPSA) is 84.7 Å². The minimum Gasteiger partial charge on any atom is -0.370 e. The second-order valence-electron chi connectivity index (χ2n) is 4.12. The maximum Gasteiger partial charge on any atom is 0.250 e. The van der Waals surface area contributed by atoms with Gasteiger partial charge in [-0.25, -0.2) is 0 Å². The monoisotopic (exact) mass is 243 g/mol. The highest BCUT2D eigenvalue weighted by Crippen LogP contribution is 2.08. The number of hydrogen-bond donors (Lipinski definition) is 2. The number of amides is 2. The summed E-state index contributed by atoms with van der Waals surface area (Å²) < 4.78 is 4.88. The molecule has 0 bridgehead atoms. The summed E-state index contributed by atoms with van der Waals surface area (Å²) in [5, 5.41) is 2.55. The number of ether oxygens (including phenoxy) is 1. The Morgan fingerprint density at radius 3 is 2.53 bits per heavy atom. The molecule has 0 spiro atoms. The molecule has 1 aliphatic heterocycles. The van der Waals surface area contributed by atoms with Crippen LogP contribution in [0.2, 0.25) is 0 Å². The molecule has 1 atom stereocenters. The first-order valence-electron chi connectivity index (χ1n) is 5.97. The number of carbonyl (C=O) groups excluding carboxylic acids is 2. The molecule has 1 saturated heterocycles. The summed E-state index contributed by atoms with van der Waals surface area (Å²) in [6, 6.07) is 0. The van der Waals surface area contributed by atoms with E-state index in [1.54, 1.807) is 4.90 Å². The summed E-state index contributed by atoms with van der Waals surface area (Å²) in [5.41, 5.74) is 5.35. The Morgan fingerprint density at radius 2 is 2.00 bits per heavy atom. The van der Waals surface area contributed by atoms with Crippen LogP contribution in [0.3, 0.4) is 0 Å². The van der Waals surface area contributed by atoms with E-state index >= 15 is 0 Å². The van der Waals surface area contributed by atoms with Gasteiger partial charge < -0.3 is 20.7 Å². The molecule has 0 aromatic rings. The van der Waals surface area contributed by atoms with Crippen LogP contribution in [0.25, 0.3) is 0 Å². The van der Waals surface area contributed by atoms with E-state index < -0.39 is 6.10 Å². The first-order chi connectivity index (χ1) is 8.19. The minimum atomic E-state index is -0.677. The number of rotatable bonds is 5. The van der Waals surface area contributed by atoms with Crippen molar-refractivity contribution in [1.29, 1.82) is 0 Å². The Hall–Kier alpha value is -1.14. The van der Waals surface area contributed by atoms with E-state index in [1.807, 2.05) is 0 Å². The molecule has 17 heavy (non-hydrogen) atoms. The van der Waals surface area contributed by atoms with Crippen LogP contribution in [0.1, 0.15) is 19.3 Å². The minimum absolute atomic E-state index is 0.0265. The van der Waals surface area contributed by atoms with Crippen LogP contribution >= 0.6 is 0 Å². The van der Waals surface area contributed by atoms with Crippen molar-refractivity contribution < 1.29 is 14.3 Å². The Bertz CT molecular complexity index is 261. The van der Waals surface area contributed by atoms with Gasteiger partial charge in [-0.3, -0.25) is 9.59 Å². The highest BCUT2D eigenvalue weighted by atomic mass is 16.5. The number of nitrogens with zero attached hydrogens (tertiary/aromatic N) is 1. The Labute approximate surface area is 101 Å². The molecule has 1 rings (SSSR count). The normalized spacial score (nSPS) is 17.6. The fraction of sp³-hybridized carbons (Fsp3) is 0.818. The third-order valence-corrected chi connectivity index (χ3v) is 2.91. The van der Waals surface area contributed by atoms with Crippen LogP contribution in [-0.4, -0.2) is 56.1 Å². The zero-order valence-corrected chi connectivity index (χ0v) is 10.3. The van der Waals surface area contributed by atoms with E-state index in [1.165, 1.54) is 13.5 Å². The summed E-state index contributed by atoms with van der Waals surface area (Å²) in [5.74, 6) is -0.370. The smallest absolute Gasteiger partial charge is 0.250 e. The lowest BCUT2D eigenvalue weighted by Gasteiger charge is -2.27. The molecule has 0 saturated carbocycles. The van der Waals surface area contributed by atoms with Crippen molar-refractivity contribution in [1.82, 2.24) is 10.2 Å². The van der Waals surface area contributed by atoms with Gasteiger partial charge in [-0.1, -0.05) is 0 Å². The van der Waals surface area contributed by atoms with Crippen molar-refractivity contribution in [2.24, 2.45) is 5.73 Å². The standard InChI is InChI=1S/C11H21N3O3/c1-17-9(7-12)11(16)13-8-10(15)14-5-3-2-4-6-14/h9H,2-8,12H2,1H3,(H,13,16). The van der Waals surface area contributed by atoms with Gasteiger partial charge in [0, 0.05) is 26.7 Å². The first kappa shape index (κ1) is 13.9. The molecule has 0 aliphatic carbocycles. The lowest BCUT2D eigenvalue weighted by atomic mass is 10.1. The Kier molecular flexibility index (Phi) is 5.93. The lowest BCUT2D eigenvalue weighted by Crippen LogP contribution is -2.46. The molecule has 1 aliphatic rings. The first-order valence-corrected chi connectivity index (χ1v) is 5.97. The molecule has 1 unspecified atom stereocenters. The fourth-order valence-electron chi connectivity index (χ4n) is 1.84. The van der Waals surface area contributed by atoms with E-state index in [0.29, 0.717) is 0 Å². The van der Waals surface area contributed by atoms with Gasteiger partial charge in [-0.05, 0) is 19.3 Å². The second kappa shape index (κ2) is 7.24. The van der Waals surface area contributed by atoms with Crippen molar-refractivity contribution >= 4 is 11.8 Å². The van der Waals surface area contributed by atoms with Gasteiger partial charge in [0.25, 0.3) is 5.91 Å². The van der Waals surface area contributed by atoms with Gasteiger partial charge in [0.15, 0.2) is 0 Å². The van der Waals surface area contributed by atoms with Gasteiger partial charge in [0.2, 0.25) is 5.91 Å². The fourth-order valence-corrected chi connectivity index (χ4v) is 1.84. The molecule has 6 heteroatoms. The summed E-state index contributed by atoms with van der Waals surface area (Å²) in [4.78, 5) is 25.0. The lowest BCUT2D eigenvalue weighted by molar-refractivity contribution is -0.136. The molecule has 1 heterocycles. The van der Waals surface area contributed by atoms with Crippen molar-refractivity contribution in [2.75, 3.05) is 33.3 Å². The van der Waals surface area contributed by atoms with Crippen LogP contribution in [0.4, 0.5) is 0 Å². The van der Waals surface area contributed by atoms with Crippen molar-refractivity contribution in [3.63, 3.8) is 0 Å². The maximum atomic E-state index is 11.7. The number of carbonyl (C=O) groups is 2. The molecule has 1 fully saturated rings. The average molecular weight is 243 g/mol. The molecule has 0 radical (unpaired) electrons. The maximum absolute atomic E-state index is 11.7. The van der Waals surface area contributed by atoms with E-state index in [-0.39, 0.29) is 24.9 Å². The van der Waals surface area contributed by atoms with Gasteiger partial charge in [-0.15, -0.1) is 0 Å². The van der Waals surface area contributed by atoms with Crippen LogP contribution < -0.4 is 11.1 Å². The molecule has 6 nitrogen and oxygen atoms in total. The SMILES string of the molecule is COC(CN)C(=O)NCC(=O)N1CCCCC1. The molecular weight excluding hydrogens is 222 g/mol. The van der Waals surface area contributed by atoms with E-state index in [2.05, 4.69) is 5.32 Å². The number of piperidine rings is 1. The summed E-state index contributed by atoms with van der Waals surface area (Å²) >= 11 is 0. The zero-order chi connectivity index (χ0) is 12.7. The van der Waals surface area contributed by atoms with E-state index in [0.717, 1.165) is 25.9 Å². The Balaban J connectivity index is 2.29. The number of hydrogen-bond acceptors (Lipinski definition) is 4. The van der Waals surface area contributed by atoms with Gasteiger partial charge >= 0.3 is 0 Å². The zero-order valence-electron chi connectivity index (χ0n) is 10.3. The van der Waals surface area contributed by atoms with Crippen molar-refractivity contribution in [2.45, 2.75) is 25.4 Å². The number of nitrogens with one attached hydrogen (secondary N) is 1. The molecule has 3 N–H and O–H groups in total. The van der Waals surface area contributed by atoms with E-state index in [9.17, 15) is 9.59 Å². The van der Waals surface area contributed by atoms with Crippen LogP contribution in [0.5, 0.6) is 0 Å². The predicted molar refractivity (Wildman–Crippen MR) is 63.3 cm³/mol. The Morgan fingerprint density at radius 1 is 1.35 bits per heavy atom. The molecule has 98 valence electrons. The van der Waals surface area contributed by atoms with Gasteiger partial charge in [0.1, 0.15) is 6.10 Å². The number of methoxy groups -OCH3 is 1. The molecule has 0 aromatic heterocycles. The molecule has 2 amide bonds. The summed E-state index contributed by atoms with van der Waals surface area (Å²) in [6.07, 6.45) is 2.59. The largest absolute Gasteiger partial charge is 0.370 e. The molecular formula is C11H21N3O3. The summed E-state index contributed by atoms with van der Waals surface area (Å²) in [6.45, 7) is 1.72. The van der Waals surface area contributed by atoms with Gasteiger partial charge in [0.05, 0.1) is 6.54 Å². The van der Waals surface area contributed by atoms with Gasteiger partial charge in [-0.2, -0.15) is 0 Å². The highest BCUT2D eigenvalue weighted by Gasteiger charge is 2.19. The third kappa shape index (κ3) is 4.32. The third-order valence-electron chi connectivity index (χ3n) is 2.91. The summed E-state index contributed by atoms with van der Waals surface area (Å²) in [7, 11) is 1.42. The quantitative estimate of drug-likeness (QED) is 0.654. The van der Waals surface area contributed by atoms with Crippen molar-refractivity contribution in [3.05, 3.63) is 0 Å².